The number of aromatic nitrogens is 1. The van der Waals surface area contributed by atoms with Gasteiger partial charge < -0.3 is 10.3 Å². The number of nitrogens with zero attached hydrogens (tertiary/aromatic N) is 1. The zero-order valence-corrected chi connectivity index (χ0v) is 7.57. The summed E-state index contributed by atoms with van der Waals surface area (Å²) in [6, 6.07) is 4.58. The summed E-state index contributed by atoms with van der Waals surface area (Å²) < 4.78 is 0. The van der Waals surface area contributed by atoms with Crippen LogP contribution < -0.4 is 10.9 Å². The molecule has 2 N–H and O–H groups in total. The number of H-pyrrole nitrogens is 1. The molecule has 0 aliphatic carbocycles. The van der Waals surface area contributed by atoms with Gasteiger partial charge in [0.1, 0.15) is 5.92 Å². The number of amides is 1. The molecule has 0 aliphatic heterocycles. The minimum absolute atomic E-state index is 0.240. The normalized spacial score (nSPS) is 11.4. The molecule has 14 heavy (non-hydrogen) atoms. The van der Waals surface area contributed by atoms with Crippen molar-refractivity contribution >= 4 is 11.6 Å². The van der Waals surface area contributed by atoms with E-state index in [9.17, 15) is 9.59 Å². The Morgan fingerprint density at radius 2 is 2.36 bits per heavy atom. The first kappa shape index (κ1) is 9.99. The maximum atomic E-state index is 11.2. The number of carbonyl (C=O) groups excluding carboxylic acids is 1. The van der Waals surface area contributed by atoms with Gasteiger partial charge in [0.25, 0.3) is 0 Å². The summed E-state index contributed by atoms with van der Waals surface area (Å²) in [7, 11) is 0. The molecule has 72 valence electrons. The van der Waals surface area contributed by atoms with Crippen molar-refractivity contribution in [2.24, 2.45) is 5.92 Å². The Bertz CT molecular complexity index is 410. The number of hydrogen-bond donors (Lipinski definition) is 2. The molecule has 0 aliphatic rings. The zero-order chi connectivity index (χ0) is 10.6. The Morgan fingerprint density at radius 1 is 1.64 bits per heavy atom. The molecular weight excluding hydrogens is 182 g/mol. The summed E-state index contributed by atoms with van der Waals surface area (Å²) in [6.07, 6.45) is 1.38. The lowest BCUT2D eigenvalue weighted by Gasteiger charge is -2.04. The van der Waals surface area contributed by atoms with Gasteiger partial charge in [0.05, 0.1) is 11.8 Å². The Labute approximate surface area is 80.4 Å². The van der Waals surface area contributed by atoms with Gasteiger partial charge in [-0.25, -0.2) is 0 Å². The van der Waals surface area contributed by atoms with E-state index in [-0.39, 0.29) is 11.5 Å². The molecule has 1 aromatic heterocycles. The van der Waals surface area contributed by atoms with Crippen LogP contribution in [0.3, 0.4) is 0 Å². The number of rotatable bonds is 2. The molecule has 0 radical (unpaired) electrons. The Balaban J connectivity index is 2.71. The van der Waals surface area contributed by atoms with Gasteiger partial charge in [-0.1, -0.05) is 0 Å². The van der Waals surface area contributed by atoms with Gasteiger partial charge in [-0.05, 0) is 13.0 Å². The van der Waals surface area contributed by atoms with Crippen LogP contribution in [0.15, 0.2) is 23.1 Å². The predicted octanol–water partition coefficient (Wildman–Crippen LogP) is 0.473. The molecule has 1 rings (SSSR count). The molecule has 1 heterocycles. The van der Waals surface area contributed by atoms with E-state index in [2.05, 4.69) is 10.3 Å². The summed E-state index contributed by atoms with van der Waals surface area (Å²) in [5, 5.41) is 10.9. The predicted molar refractivity (Wildman–Crippen MR) is 50.5 cm³/mol. The topological polar surface area (TPSA) is 85.8 Å². The van der Waals surface area contributed by atoms with Crippen molar-refractivity contribution in [2.45, 2.75) is 6.92 Å². The minimum atomic E-state index is -0.707. The molecule has 1 aromatic rings. The van der Waals surface area contributed by atoms with Crippen molar-refractivity contribution < 1.29 is 4.79 Å². The van der Waals surface area contributed by atoms with Crippen LogP contribution in [0.5, 0.6) is 0 Å². The van der Waals surface area contributed by atoms with Crippen molar-refractivity contribution in [3.63, 3.8) is 0 Å². The molecule has 1 atom stereocenters. The highest BCUT2D eigenvalue weighted by Crippen LogP contribution is 2.03. The van der Waals surface area contributed by atoms with Crippen LogP contribution in [0.2, 0.25) is 0 Å². The van der Waals surface area contributed by atoms with E-state index >= 15 is 0 Å². The molecule has 5 nitrogen and oxygen atoms in total. The number of anilines is 1. The van der Waals surface area contributed by atoms with E-state index in [1.165, 1.54) is 25.3 Å². The standard InChI is InChI=1S/C9H9N3O2/c1-6(4-10)9(14)12-7-2-3-8(13)11-5-7/h2-3,5-6H,1H3,(H,11,13)(H,12,14). The second-order valence-corrected chi connectivity index (χ2v) is 2.78. The van der Waals surface area contributed by atoms with Crippen LogP contribution in [0, 0.1) is 17.2 Å². The fraction of sp³-hybridized carbons (Fsp3) is 0.222. The van der Waals surface area contributed by atoms with Crippen LogP contribution in [0.4, 0.5) is 5.69 Å². The first-order chi connectivity index (χ1) is 6.63. The minimum Gasteiger partial charge on any atom is -0.327 e. The first-order valence-corrected chi connectivity index (χ1v) is 4.02. The van der Waals surface area contributed by atoms with Crippen molar-refractivity contribution in [1.29, 1.82) is 5.26 Å². The molecule has 1 amide bonds. The van der Waals surface area contributed by atoms with Gasteiger partial charge >= 0.3 is 0 Å². The molecule has 0 bridgehead atoms. The Hall–Kier alpha value is -2.09. The number of carbonyl (C=O) groups is 1. The second kappa shape index (κ2) is 4.23. The largest absolute Gasteiger partial charge is 0.327 e. The Kier molecular flexibility index (Phi) is 3.02. The Morgan fingerprint density at radius 3 is 2.86 bits per heavy atom. The van der Waals surface area contributed by atoms with Gasteiger partial charge in [0, 0.05) is 12.3 Å². The average molecular weight is 191 g/mol. The van der Waals surface area contributed by atoms with Crippen molar-refractivity contribution in [3.8, 4) is 6.07 Å². The van der Waals surface area contributed by atoms with E-state index in [4.69, 9.17) is 5.26 Å². The van der Waals surface area contributed by atoms with Gasteiger partial charge in [-0.15, -0.1) is 0 Å². The van der Waals surface area contributed by atoms with Crippen LogP contribution in [-0.4, -0.2) is 10.9 Å². The number of hydrogen-bond acceptors (Lipinski definition) is 3. The lowest BCUT2D eigenvalue weighted by atomic mass is 10.2. The zero-order valence-electron chi connectivity index (χ0n) is 7.57. The number of nitrogens with one attached hydrogen (secondary N) is 2. The van der Waals surface area contributed by atoms with Crippen LogP contribution in [-0.2, 0) is 4.79 Å². The number of nitriles is 1. The highest BCUT2D eigenvalue weighted by molar-refractivity contribution is 5.93. The first-order valence-electron chi connectivity index (χ1n) is 4.02. The van der Waals surface area contributed by atoms with E-state index < -0.39 is 5.92 Å². The van der Waals surface area contributed by atoms with Crippen molar-refractivity contribution in [3.05, 3.63) is 28.7 Å². The molecule has 5 heteroatoms. The molecular formula is C9H9N3O2. The van der Waals surface area contributed by atoms with Crippen LogP contribution >= 0.6 is 0 Å². The van der Waals surface area contributed by atoms with Crippen molar-refractivity contribution in [2.75, 3.05) is 5.32 Å². The summed E-state index contributed by atoms with van der Waals surface area (Å²) in [5.74, 6) is -1.10. The van der Waals surface area contributed by atoms with E-state index in [0.717, 1.165) is 0 Å². The fourth-order valence-electron chi connectivity index (χ4n) is 0.797. The highest BCUT2D eigenvalue weighted by Gasteiger charge is 2.10. The van der Waals surface area contributed by atoms with E-state index in [0.29, 0.717) is 5.69 Å². The second-order valence-electron chi connectivity index (χ2n) is 2.78. The summed E-state index contributed by atoms with van der Waals surface area (Å²) in [6.45, 7) is 1.50. The van der Waals surface area contributed by atoms with Gasteiger partial charge in [-0.2, -0.15) is 5.26 Å². The van der Waals surface area contributed by atoms with Crippen molar-refractivity contribution in [1.82, 2.24) is 4.98 Å². The summed E-state index contributed by atoms with van der Waals surface area (Å²) in [5.41, 5.74) is 0.230. The van der Waals surface area contributed by atoms with Gasteiger partial charge in [0.2, 0.25) is 11.5 Å². The smallest absolute Gasteiger partial charge is 0.248 e. The summed E-state index contributed by atoms with van der Waals surface area (Å²) in [4.78, 5) is 24.3. The maximum Gasteiger partial charge on any atom is 0.248 e. The van der Waals surface area contributed by atoms with Gasteiger partial charge in [0.15, 0.2) is 0 Å². The highest BCUT2D eigenvalue weighted by atomic mass is 16.2. The lowest BCUT2D eigenvalue weighted by Crippen LogP contribution is -2.19. The van der Waals surface area contributed by atoms with E-state index in [1.54, 1.807) is 0 Å². The number of aromatic amines is 1. The van der Waals surface area contributed by atoms with Gasteiger partial charge in [-0.3, -0.25) is 9.59 Å². The third kappa shape index (κ3) is 2.45. The molecule has 0 aromatic carbocycles. The quantitative estimate of drug-likeness (QED) is 0.712. The molecule has 0 spiro atoms. The lowest BCUT2D eigenvalue weighted by molar-refractivity contribution is -0.117. The average Bonchev–Trinajstić information content (AvgIpc) is 2.20. The van der Waals surface area contributed by atoms with Crippen LogP contribution in [0.25, 0.3) is 0 Å². The van der Waals surface area contributed by atoms with Crippen LogP contribution in [0.1, 0.15) is 6.92 Å². The monoisotopic (exact) mass is 191 g/mol. The molecule has 0 saturated carbocycles. The third-order valence-electron chi connectivity index (χ3n) is 1.64. The summed E-state index contributed by atoms with van der Waals surface area (Å²) >= 11 is 0. The SMILES string of the molecule is CC(C#N)C(=O)Nc1ccc(=O)[nH]c1. The fourth-order valence-corrected chi connectivity index (χ4v) is 0.797. The number of pyridine rings is 1. The molecule has 1 unspecified atom stereocenters. The molecule has 0 saturated heterocycles. The maximum absolute atomic E-state index is 11.2. The third-order valence-corrected chi connectivity index (χ3v) is 1.64. The molecule has 0 fully saturated rings. The van der Waals surface area contributed by atoms with E-state index in [1.807, 2.05) is 6.07 Å².